The van der Waals surface area contributed by atoms with Gasteiger partial charge in [0.05, 0.1) is 52.9 Å². The summed E-state index contributed by atoms with van der Waals surface area (Å²) in [7, 11) is 1.88. The van der Waals surface area contributed by atoms with Crippen molar-refractivity contribution in [1.82, 2.24) is 5.32 Å². The van der Waals surface area contributed by atoms with Gasteiger partial charge in [-0.2, -0.15) is 0 Å². The number of esters is 1. The lowest BCUT2D eigenvalue weighted by Crippen LogP contribution is -2.17. The van der Waals surface area contributed by atoms with E-state index in [-0.39, 0.29) is 6.61 Å². The van der Waals surface area contributed by atoms with Crippen molar-refractivity contribution in [2.24, 2.45) is 0 Å². The standard InChI is InChI=1S/C14H27NO6/c1-3-14(16)21-13-12-20-11-10-19-9-8-18-7-6-17-5-4-15-2/h3,15H,1,4-13H2,2H3. The molecule has 0 aliphatic rings. The number of nitrogens with one attached hydrogen (secondary N) is 1. The fourth-order valence-corrected chi connectivity index (χ4v) is 1.20. The van der Waals surface area contributed by atoms with Gasteiger partial charge in [0.25, 0.3) is 0 Å². The molecule has 0 heterocycles. The van der Waals surface area contributed by atoms with E-state index in [0.717, 1.165) is 12.6 Å². The van der Waals surface area contributed by atoms with E-state index in [2.05, 4.69) is 11.9 Å². The quantitative estimate of drug-likeness (QED) is 0.244. The lowest BCUT2D eigenvalue weighted by Gasteiger charge is -2.07. The second-order valence-electron chi connectivity index (χ2n) is 3.92. The Kier molecular flexibility index (Phi) is 16.3. The highest BCUT2D eigenvalue weighted by Gasteiger charge is 1.95. The molecule has 0 amide bonds. The van der Waals surface area contributed by atoms with Crippen LogP contribution in [0.4, 0.5) is 0 Å². The topological polar surface area (TPSA) is 75.3 Å². The van der Waals surface area contributed by atoms with Crippen LogP contribution in [0.15, 0.2) is 12.7 Å². The van der Waals surface area contributed by atoms with Crippen LogP contribution < -0.4 is 5.32 Å². The number of likely N-dealkylation sites (N-methyl/N-ethyl adjacent to an activating group) is 1. The molecule has 0 aromatic heterocycles. The van der Waals surface area contributed by atoms with Crippen LogP contribution in [0.5, 0.6) is 0 Å². The number of carbonyl (C=O) groups is 1. The maximum Gasteiger partial charge on any atom is 0.330 e. The van der Waals surface area contributed by atoms with Gasteiger partial charge in [-0.25, -0.2) is 4.79 Å². The van der Waals surface area contributed by atoms with E-state index >= 15 is 0 Å². The molecule has 0 aliphatic carbocycles. The highest BCUT2D eigenvalue weighted by molar-refractivity contribution is 5.81. The maximum absolute atomic E-state index is 10.7. The molecule has 7 heteroatoms. The smallest absolute Gasteiger partial charge is 0.330 e. The lowest BCUT2D eigenvalue weighted by molar-refractivity contribution is -0.139. The van der Waals surface area contributed by atoms with Gasteiger partial charge in [0.1, 0.15) is 6.61 Å². The summed E-state index contributed by atoms with van der Waals surface area (Å²) in [6.45, 7) is 8.55. The van der Waals surface area contributed by atoms with Gasteiger partial charge >= 0.3 is 5.97 Å². The van der Waals surface area contributed by atoms with E-state index in [9.17, 15) is 4.79 Å². The van der Waals surface area contributed by atoms with Crippen LogP contribution in [0.25, 0.3) is 0 Å². The van der Waals surface area contributed by atoms with Crippen LogP contribution in [0, 0.1) is 0 Å². The average Bonchev–Trinajstić information content (AvgIpc) is 2.50. The minimum atomic E-state index is -0.443. The molecule has 0 spiro atoms. The van der Waals surface area contributed by atoms with Crippen molar-refractivity contribution < 1.29 is 28.5 Å². The molecule has 0 rings (SSSR count). The molecule has 21 heavy (non-hydrogen) atoms. The molecule has 0 saturated heterocycles. The number of rotatable bonds is 16. The predicted octanol–water partition coefficient (Wildman–Crippen LogP) is 0.00140. The summed E-state index contributed by atoms with van der Waals surface area (Å²) in [4.78, 5) is 10.7. The fourth-order valence-electron chi connectivity index (χ4n) is 1.20. The van der Waals surface area contributed by atoms with E-state index in [0.29, 0.717) is 52.9 Å². The van der Waals surface area contributed by atoms with Gasteiger partial charge in [-0.1, -0.05) is 6.58 Å². The highest BCUT2D eigenvalue weighted by Crippen LogP contribution is 1.84. The molecule has 0 fully saturated rings. The zero-order valence-corrected chi connectivity index (χ0v) is 12.8. The van der Waals surface area contributed by atoms with Crippen molar-refractivity contribution in [2.75, 3.05) is 73.1 Å². The van der Waals surface area contributed by atoms with Crippen LogP contribution in [0.3, 0.4) is 0 Å². The minimum absolute atomic E-state index is 0.224. The average molecular weight is 305 g/mol. The van der Waals surface area contributed by atoms with Crippen LogP contribution in [-0.4, -0.2) is 79.0 Å². The molecule has 7 nitrogen and oxygen atoms in total. The zero-order valence-electron chi connectivity index (χ0n) is 12.8. The molecule has 0 saturated carbocycles. The summed E-state index contributed by atoms with van der Waals surface area (Å²) >= 11 is 0. The van der Waals surface area contributed by atoms with Gasteiger partial charge in [-0.05, 0) is 7.05 Å². The van der Waals surface area contributed by atoms with Crippen LogP contribution in [0.2, 0.25) is 0 Å². The Morgan fingerprint density at radius 3 is 1.71 bits per heavy atom. The zero-order chi connectivity index (χ0) is 15.6. The summed E-state index contributed by atoms with van der Waals surface area (Å²) in [5.74, 6) is -0.443. The first kappa shape index (κ1) is 20.0. The van der Waals surface area contributed by atoms with E-state index in [1.54, 1.807) is 0 Å². The third-order valence-corrected chi connectivity index (χ3v) is 2.25. The number of hydrogen-bond donors (Lipinski definition) is 1. The van der Waals surface area contributed by atoms with E-state index in [1.807, 2.05) is 7.05 Å². The van der Waals surface area contributed by atoms with Crippen molar-refractivity contribution in [1.29, 1.82) is 0 Å². The van der Waals surface area contributed by atoms with Gasteiger partial charge in [0, 0.05) is 12.6 Å². The Bertz CT molecular complexity index is 250. The first-order valence-corrected chi connectivity index (χ1v) is 7.06. The summed E-state index contributed by atoms with van der Waals surface area (Å²) in [6.07, 6.45) is 1.12. The monoisotopic (exact) mass is 305 g/mol. The Hall–Kier alpha value is -0.990. The van der Waals surface area contributed by atoms with Crippen LogP contribution >= 0.6 is 0 Å². The van der Waals surface area contributed by atoms with E-state index in [4.69, 9.17) is 23.7 Å². The molecule has 124 valence electrons. The Morgan fingerprint density at radius 1 is 0.857 bits per heavy atom. The largest absolute Gasteiger partial charge is 0.460 e. The first-order valence-electron chi connectivity index (χ1n) is 7.06. The molecule has 0 aliphatic heterocycles. The Balaban J connectivity index is 2.99. The number of hydrogen-bond acceptors (Lipinski definition) is 7. The summed E-state index contributed by atoms with van der Waals surface area (Å²) in [5.41, 5.74) is 0. The molecule has 0 aromatic carbocycles. The second kappa shape index (κ2) is 17.1. The third kappa shape index (κ3) is 17.0. The molecule has 0 radical (unpaired) electrons. The molecule has 0 bridgehead atoms. The van der Waals surface area contributed by atoms with E-state index in [1.165, 1.54) is 0 Å². The molecule has 0 unspecified atom stereocenters. The second-order valence-corrected chi connectivity index (χ2v) is 3.92. The normalized spacial score (nSPS) is 10.5. The predicted molar refractivity (Wildman–Crippen MR) is 78.4 cm³/mol. The number of carbonyl (C=O) groups excluding carboxylic acids is 1. The maximum atomic E-state index is 10.7. The first-order chi connectivity index (χ1) is 10.3. The lowest BCUT2D eigenvalue weighted by atomic mass is 10.6. The molecule has 0 aromatic rings. The molecule has 0 atom stereocenters. The summed E-state index contributed by atoms with van der Waals surface area (Å²) in [6, 6.07) is 0. The Morgan fingerprint density at radius 2 is 1.29 bits per heavy atom. The third-order valence-electron chi connectivity index (χ3n) is 2.25. The van der Waals surface area contributed by atoms with Crippen molar-refractivity contribution in [3.8, 4) is 0 Å². The van der Waals surface area contributed by atoms with Crippen LogP contribution in [-0.2, 0) is 28.5 Å². The molecular weight excluding hydrogens is 278 g/mol. The van der Waals surface area contributed by atoms with E-state index < -0.39 is 5.97 Å². The summed E-state index contributed by atoms with van der Waals surface area (Å²) < 4.78 is 25.9. The fraction of sp³-hybridized carbons (Fsp3) is 0.786. The van der Waals surface area contributed by atoms with Crippen molar-refractivity contribution >= 4 is 5.97 Å². The van der Waals surface area contributed by atoms with Gasteiger partial charge < -0.3 is 29.0 Å². The van der Waals surface area contributed by atoms with Crippen molar-refractivity contribution in [3.63, 3.8) is 0 Å². The van der Waals surface area contributed by atoms with Gasteiger partial charge in [0.15, 0.2) is 0 Å². The SMILES string of the molecule is C=CC(=O)OCCOCCOCCOCCOCCNC. The van der Waals surface area contributed by atoms with Gasteiger partial charge in [0.2, 0.25) is 0 Å². The van der Waals surface area contributed by atoms with Gasteiger partial charge in [-0.15, -0.1) is 0 Å². The molecule has 1 N–H and O–H groups in total. The van der Waals surface area contributed by atoms with Crippen molar-refractivity contribution in [2.45, 2.75) is 0 Å². The van der Waals surface area contributed by atoms with Gasteiger partial charge in [-0.3, -0.25) is 0 Å². The summed E-state index contributed by atoms with van der Waals surface area (Å²) in [5, 5.41) is 2.99. The molecular formula is C14H27NO6. The Labute approximate surface area is 126 Å². The highest BCUT2D eigenvalue weighted by atomic mass is 16.6. The number of ether oxygens (including phenoxy) is 5. The minimum Gasteiger partial charge on any atom is -0.460 e. The van der Waals surface area contributed by atoms with Crippen LogP contribution in [0.1, 0.15) is 0 Å². The van der Waals surface area contributed by atoms with Crippen molar-refractivity contribution in [3.05, 3.63) is 12.7 Å².